The zero-order valence-corrected chi connectivity index (χ0v) is 36.1. The van der Waals surface area contributed by atoms with Gasteiger partial charge in [0.15, 0.2) is 11.6 Å². The molecule has 4 heterocycles. The van der Waals surface area contributed by atoms with Gasteiger partial charge in [0.1, 0.15) is 36.7 Å². The Hall–Kier alpha value is -4.53. The summed E-state index contributed by atoms with van der Waals surface area (Å²) in [5.74, 6) is -2.22. The van der Waals surface area contributed by atoms with Gasteiger partial charge in [-0.2, -0.15) is 0 Å². The molecule has 0 radical (unpaired) electrons. The predicted octanol–water partition coefficient (Wildman–Crippen LogP) is 8.76. The second kappa shape index (κ2) is 17.4. The van der Waals surface area contributed by atoms with Crippen LogP contribution in [0.15, 0.2) is 24.3 Å². The molecule has 2 atom stereocenters. The lowest BCUT2D eigenvalue weighted by molar-refractivity contribution is 0.0832. The standard InChI is InChI=1S/C40H54F2N6O8Si2/c1-57(2,3)17-15-55-23-47-33-21-27(41)25(19-29(33)43-37(47)31-9-7-13-45(31)39(51)52)35(49)11-12-36(50)26-20-30-34(22-28(26)42)48(24-56-16-18-58(4,5)6)38(44-30)32-10-8-14-46(32)40(53)54/h19-22,31-32H,7-18,23-24H2,1-6H3,(H,51,52)(H,53,54)/t31-,32-/m0/s1. The number of carboxylic acid groups (broad SMARTS) is 2. The van der Waals surface area contributed by atoms with Crippen molar-refractivity contribution in [2.75, 3.05) is 26.3 Å². The van der Waals surface area contributed by atoms with Gasteiger partial charge >= 0.3 is 12.2 Å². The van der Waals surface area contributed by atoms with E-state index in [1.807, 2.05) is 0 Å². The Morgan fingerprint density at radius 3 is 1.40 bits per heavy atom. The topological polar surface area (TPSA) is 169 Å². The van der Waals surface area contributed by atoms with Gasteiger partial charge < -0.3 is 28.8 Å². The highest BCUT2D eigenvalue weighted by atomic mass is 28.3. The van der Waals surface area contributed by atoms with E-state index in [1.165, 1.54) is 34.1 Å². The molecule has 2 fully saturated rings. The summed E-state index contributed by atoms with van der Waals surface area (Å²) in [6, 6.07) is 5.66. The third kappa shape index (κ3) is 9.67. The van der Waals surface area contributed by atoms with Crippen LogP contribution in [0.25, 0.3) is 22.1 Å². The van der Waals surface area contributed by atoms with Crippen molar-refractivity contribution in [2.45, 2.75) is 115 Å². The third-order valence-electron chi connectivity index (χ3n) is 10.9. The number of rotatable bonds is 17. The average molecular weight is 841 g/mol. The maximum atomic E-state index is 15.8. The molecule has 2 aliphatic rings. The van der Waals surface area contributed by atoms with E-state index < -0.39 is 76.5 Å². The van der Waals surface area contributed by atoms with Gasteiger partial charge in [-0.25, -0.2) is 28.3 Å². The second-order valence-corrected chi connectivity index (χ2v) is 29.0. The molecule has 0 saturated carbocycles. The van der Waals surface area contributed by atoms with E-state index in [9.17, 15) is 29.4 Å². The lowest BCUT2D eigenvalue weighted by atomic mass is 10.00. The highest BCUT2D eigenvalue weighted by Gasteiger charge is 2.36. The molecule has 2 aliphatic heterocycles. The van der Waals surface area contributed by atoms with Crippen molar-refractivity contribution < 1.29 is 47.6 Å². The summed E-state index contributed by atoms with van der Waals surface area (Å²) >= 11 is 0. The largest absolute Gasteiger partial charge is 0.465 e. The summed E-state index contributed by atoms with van der Waals surface area (Å²) in [4.78, 5) is 63.1. The Bertz CT molecular complexity index is 2060. The van der Waals surface area contributed by atoms with Crippen molar-refractivity contribution in [3.63, 3.8) is 0 Å². The van der Waals surface area contributed by atoms with Crippen molar-refractivity contribution in [1.82, 2.24) is 28.9 Å². The molecule has 14 nitrogen and oxygen atoms in total. The summed E-state index contributed by atoms with van der Waals surface area (Å²) in [5, 5.41) is 19.7. The van der Waals surface area contributed by atoms with Gasteiger partial charge in [0.05, 0.1) is 45.3 Å². The van der Waals surface area contributed by atoms with Gasteiger partial charge in [0.2, 0.25) is 0 Å². The maximum absolute atomic E-state index is 15.8. The van der Waals surface area contributed by atoms with Crippen LogP contribution in [0.1, 0.15) is 83.0 Å². The number of nitrogens with zero attached hydrogens (tertiary/aromatic N) is 6. The molecule has 58 heavy (non-hydrogen) atoms. The number of halogens is 2. The Morgan fingerprint density at radius 1 is 0.672 bits per heavy atom. The molecular weight excluding hydrogens is 787 g/mol. The number of benzene rings is 2. The number of hydrogen-bond donors (Lipinski definition) is 2. The van der Waals surface area contributed by atoms with Crippen LogP contribution in [0.3, 0.4) is 0 Å². The quantitative estimate of drug-likeness (QED) is 0.0596. The number of carbonyl (C=O) groups is 4. The number of imidazole rings is 2. The minimum absolute atomic E-state index is 0.0290. The zero-order chi connectivity index (χ0) is 42.1. The molecule has 2 saturated heterocycles. The van der Waals surface area contributed by atoms with Gasteiger partial charge in [-0.15, -0.1) is 0 Å². The smallest absolute Gasteiger partial charge is 0.407 e. The first kappa shape index (κ1) is 43.1. The predicted molar refractivity (Wildman–Crippen MR) is 219 cm³/mol. The monoisotopic (exact) mass is 840 g/mol. The van der Waals surface area contributed by atoms with Crippen molar-refractivity contribution in [2.24, 2.45) is 0 Å². The summed E-state index contributed by atoms with van der Waals surface area (Å²) in [6.07, 6.45) is -0.678. The van der Waals surface area contributed by atoms with Crippen LogP contribution in [0.5, 0.6) is 0 Å². The minimum Gasteiger partial charge on any atom is -0.465 e. The van der Waals surface area contributed by atoms with Crippen LogP contribution in [0.4, 0.5) is 18.4 Å². The number of carbonyl (C=O) groups excluding carboxylic acids is 2. The number of ether oxygens (including phenoxy) is 2. The fourth-order valence-electron chi connectivity index (χ4n) is 7.63. The van der Waals surface area contributed by atoms with E-state index in [0.29, 0.717) is 74.7 Å². The van der Waals surface area contributed by atoms with Crippen molar-refractivity contribution in [3.8, 4) is 0 Å². The highest BCUT2D eigenvalue weighted by molar-refractivity contribution is 6.76. The van der Waals surface area contributed by atoms with E-state index in [4.69, 9.17) is 19.4 Å². The Kier molecular flexibility index (Phi) is 12.9. The molecule has 0 bridgehead atoms. The van der Waals surface area contributed by atoms with E-state index in [1.54, 1.807) is 9.13 Å². The first-order chi connectivity index (χ1) is 27.3. The summed E-state index contributed by atoms with van der Waals surface area (Å²) < 4.78 is 46.9. The first-order valence-electron chi connectivity index (χ1n) is 19.9. The summed E-state index contributed by atoms with van der Waals surface area (Å²) in [7, 11) is -2.82. The Morgan fingerprint density at radius 2 is 1.05 bits per heavy atom. The fraction of sp³-hybridized carbons (Fsp3) is 0.550. The summed E-state index contributed by atoms with van der Waals surface area (Å²) in [6.45, 7) is 15.0. The normalized spacial score (nSPS) is 17.6. The van der Waals surface area contributed by atoms with Crippen LogP contribution < -0.4 is 0 Å². The SMILES string of the molecule is C[Si](C)(C)CCOCn1c([C@@H]2CCCN2C(=O)O)nc2cc(C(=O)CCC(=O)c3cc4nc([C@@H]5CCCN5C(=O)O)n(COCC[Si](C)(C)C)c4cc3F)c(F)cc21. The van der Waals surface area contributed by atoms with Gasteiger partial charge in [0.25, 0.3) is 0 Å². The van der Waals surface area contributed by atoms with Gasteiger partial charge in [0, 0.05) is 67.4 Å². The van der Waals surface area contributed by atoms with E-state index in [0.717, 1.165) is 12.1 Å². The number of likely N-dealkylation sites (tertiary alicyclic amines) is 2. The van der Waals surface area contributed by atoms with Gasteiger partial charge in [-0.05, 0) is 49.9 Å². The molecule has 4 aromatic rings. The first-order valence-corrected chi connectivity index (χ1v) is 27.3. The highest BCUT2D eigenvalue weighted by Crippen LogP contribution is 2.36. The van der Waals surface area contributed by atoms with E-state index in [2.05, 4.69) is 39.3 Å². The number of Topliss-reactive ketones (excluding diaryl/α,β-unsaturated/α-hetero) is 2. The molecule has 2 aromatic carbocycles. The molecule has 2 N–H and O–H groups in total. The number of aromatic nitrogens is 4. The van der Waals surface area contributed by atoms with Gasteiger partial charge in [-0.3, -0.25) is 19.4 Å². The molecule has 0 unspecified atom stereocenters. The zero-order valence-electron chi connectivity index (χ0n) is 34.1. The van der Waals surface area contributed by atoms with Gasteiger partial charge in [-0.1, -0.05) is 39.3 Å². The average Bonchev–Trinajstić information content (AvgIpc) is 3.94. The number of ketones is 2. The van der Waals surface area contributed by atoms with Crippen molar-refractivity contribution >= 4 is 62.0 Å². The number of amides is 2. The minimum atomic E-state index is -1.41. The molecule has 0 aliphatic carbocycles. The molecule has 314 valence electrons. The lowest BCUT2D eigenvalue weighted by Crippen LogP contribution is -2.30. The molecule has 0 spiro atoms. The Labute approximate surface area is 338 Å². The van der Waals surface area contributed by atoms with Crippen LogP contribution in [-0.2, 0) is 22.9 Å². The molecule has 18 heteroatoms. The molecule has 6 rings (SSSR count). The molecule has 2 amide bonds. The van der Waals surface area contributed by atoms with Crippen molar-refractivity contribution in [3.05, 3.63) is 58.7 Å². The van der Waals surface area contributed by atoms with Crippen LogP contribution in [-0.4, -0.2) is 105 Å². The van der Waals surface area contributed by atoms with Crippen LogP contribution in [0.2, 0.25) is 51.4 Å². The number of hydrogen-bond acceptors (Lipinski definition) is 8. The second-order valence-electron chi connectivity index (χ2n) is 17.7. The van der Waals surface area contributed by atoms with Crippen LogP contribution >= 0.6 is 0 Å². The van der Waals surface area contributed by atoms with Crippen LogP contribution in [0, 0.1) is 11.6 Å². The fourth-order valence-corrected chi connectivity index (χ4v) is 9.14. The summed E-state index contributed by atoms with van der Waals surface area (Å²) in [5.41, 5.74) is 0.702. The van der Waals surface area contributed by atoms with E-state index >= 15 is 8.78 Å². The molecular formula is C40H54F2N6O8Si2. The Balaban J connectivity index is 1.23. The molecule has 2 aromatic heterocycles. The van der Waals surface area contributed by atoms with Crippen molar-refractivity contribution in [1.29, 1.82) is 0 Å². The number of fused-ring (bicyclic) bond motifs is 2. The maximum Gasteiger partial charge on any atom is 0.407 e. The third-order valence-corrected chi connectivity index (χ3v) is 14.3. The lowest BCUT2D eigenvalue weighted by Gasteiger charge is -2.22. The van der Waals surface area contributed by atoms with E-state index in [-0.39, 0.29) is 35.6 Å².